The molecule has 31 heavy (non-hydrogen) atoms. The standard InChI is InChI=1S/C21H20F3N3O2S2/c1-13(25)19(31-10-14-2-4-15(5-3-14)21(22,23)24)11-30-16-6-7-18-17(8-16)26-12-27(18)9-20(28)29/h2-8,12H,9-11,25H2,1H3,(H,28,29)/b19-13-. The molecule has 3 rings (SSSR count). The predicted molar refractivity (Wildman–Crippen MR) is 118 cm³/mol. The minimum Gasteiger partial charge on any atom is -0.480 e. The van der Waals surface area contributed by atoms with Gasteiger partial charge in [0.25, 0.3) is 0 Å². The zero-order valence-corrected chi connectivity index (χ0v) is 18.2. The molecule has 1 heterocycles. The summed E-state index contributed by atoms with van der Waals surface area (Å²) in [6.07, 6.45) is -2.84. The smallest absolute Gasteiger partial charge is 0.416 e. The van der Waals surface area contributed by atoms with Gasteiger partial charge in [0, 0.05) is 27.0 Å². The first-order chi connectivity index (χ1) is 14.6. The lowest BCUT2D eigenvalue weighted by atomic mass is 10.1. The van der Waals surface area contributed by atoms with Crippen LogP contribution in [0.3, 0.4) is 0 Å². The number of hydrogen-bond acceptors (Lipinski definition) is 5. The lowest BCUT2D eigenvalue weighted by molar-refractivity contribution is -0.138. The molecule has 5 nitrogen and oxygen atoms in total. The second kappa shape index (κ2) is 9.69. The Morgan fingerprint density at radius 2 is 1.90 bits per heavy atom. The molecule has 0 fully saturated rings. The molecule has 3 N–H and O–H groups in total. The largest absolute Gasteiger partial charge is 0.480 e. The van der Waals surface area contributed by atoms with Crippen molar-refractivity contribution in [3.05, 3.63) is 70.5 Å². The number of thioether (sulfide) groups is 2. The normalized spacial score (nSPS) is 12.8. The summed E-state index contributed by atoms with van der Waals surface area (Å²) in [6.45, 7) is 1.65. The number of carboxylic acid groups (broad SMARTS) is 1. The Hall–Kier alpha value is -2.59. The minimum absolute atomic E-state index is 0.150. The summed E-state index contributed by atoms with van der Waals surface area (Å²) in [7, 11) is 0. The summed E-state index contributed by atoms with van der Waals surface area (Å²) in [5.41, 5.74) is 8.25. The Morgan fingerprint density at radius 3 is 2.52 bits per heavy atom. The maximum atomic E-state index is 12.7. The highest BCUT2D eigenvalue weighted by Gasteiger charge is 2.29. The number of allylic oxidation sites excluding steroid dienone is 1. The van der Waals surface area contributed by atoms with Crippen LogP contribution in [0.1, 0.15) is 18.1 Å². The maximum Gasteiger partial charge on any atom is 0.416 e. The molecular formula is C21H20F3N3O2S2. The highest BCUT2D eigenvalue weighted by molar-refractivity contribution is 8.05. The van der Waals surface area contributed by atoms with E-state index in [4.69, 9.17) is 10.8 Å². The van der Waals surface area contributed by atoms with Crippen molar-refractivity contribution in [2.45, 2.75) is 30.3 Å². The molecule has 0 radical (unpaired) electrons. The van der Waals surface area contributed by atoms with Gasteiger partial charge in [-0.1, -0.05) is 12.1 Å². The molecule has 3 aromatic rings. The lowest BCUT2D eigenvalue weighted by Crippen LogP contribution is -2.07. The molecule has 0 saturated heterocycles. The average Bonchev–Trinajstić information content (AvgIpc) is 3.08. The molecule has 164 valence electrons. The van der Waals surface area contributed by atoms with E-state index in [9.17, 15) is 18.0 Å². The molecule has 0 aliphatic carbocycles. The van der Waals surface area contributed by atoms with Gasteiger partial charge in [-0.25, -0.2) is 4.98 Å². The van der Waals surface area contributed by atoms with Crippen molar-refractivity contribution in [1.82, 2.24) is 9.55 Å². The van der Waals surface area contributed by atoms with Crippen molar-refractivity contribution < 1.29 is 23.1 Å². The van der Waals surface area contributed by atoms with Crippen LogP contribution in [-0.2, 0) is 23.3 Å². The molecule has 2 aromatic carbocycles. The number of halogens is 3. The second-order valence-electron chi connectivity index (χ2n) is 6.79. The average molecular weight is 468 g/mol. The maximum absolute atomic E-state index is 12.7. The summed E-state index contributed by atoms with van der Waals surface area (Å²) in [6, 6.07) is 10.8. The Morgan fingerprint density at radius 1 is 1.19 bits per heavy atom. The number of rotatable bonds is 8. The lowest BCUT2D eigenvalue weighted by Gasteiger charge is -2.11. The fourth-order valence-electron chi connectivity index (χ4n) is 2.78. The van der Waals surface area contributed by atoms with Crippen LogP contribution in [-0.4, -0.2) is 26.4 Å². The van der Waals surface area contributed by atoms with E-state index in [0.717, 1.165) is 33.0 Å². The van der Waals surface area contributed by atoms with Crippen molar-refractivity contribution in [1.29, 1.82) is 0 Å². The number of nitrogens with two attached hydrogens (primary N) is 1. The predicted octanol–water partition coefficient (Wildman–Crippen LogP) is 5.36. The summed E-state index contributed by atoms with van der Waals surface area (Å²) in [4.78, 5) is 17.1. The second-order valence-corrected chi connectivity index (χ2v) is 8.91. The van der Waals surface area contributed by atoms with E-state index in [0.29, 0.717) is 22.7 Å². The van der Waals surface area contributed by atoms with Crippen LogP contribution in [0.2, 0.25) is 0 Å². The van der Waals surface area contributed by atoms with E-state index in [2.05, 4.69) is 4.98 Å². The van der Waals surface area contributed by atoms with Crippen molar-refractivity contribution >= 4 is 40.5 Å². The Kier molecular flexibility index (Phi) is 7.22. The Labute approximate surface area is 185 Å². The van der Waals surface area contributed by atoms with Crippen LogP contribution < -0.4 is 5.73 Å². The first kappa shape index (κ1) is 23.1. The van der Waals surface area contributed by atoms with Crippen molar-refractivity contribution in [2.24, 2.45) is 5.73 Å². The molecule has 0 saturated carbocycles. The molecular weight excluding hydrogens is 447 g/mol. The van der Waals surface area contributed by atoms with Crippen molar-refractivity contribution in [3.63, 3.8) is 0 Å². The van der Waals surface area contributed by atoms with Gasteiger partial charge < -0.3 is 15.4 Å². The number of nitrogens with zero attached hydrogens (tertiary/aromatic N) is 2. The molecule has 0 bridgehead atoms. The molecule has 0 aliphatic heterocycles. The number of imidazole rings is 1. The topological polar surface area (TPSA) is 81.1 Å². The summed E-state index contributed by atoms with van der Waals surface area (Å²) < 4.78 is 39.6. The van der Waals surface area contributed by atoms with Crippen LogP contribution in [0.15, 0.2) is 64.3 Å². The fraction of sp³-hybridized carbons (Fsp3) is 0.238. The third kappa shape index (κ3) is 6.20. The number of aliphatic carboxylic acids is 1. The van der Waals surface area contributed by atoms with E-state index in [1.807, 2.05) is 18.2 Å². The summed E-state index contributed by atoms with van der Waals surface area (Å²) >= 11 is 3.06. The molecule has 10 heteroatoms. The van der Waals surface area contributed by atoms with Gasteiger partial charge in [0.15, 0.2) is 0 Å². The highest BCUT2D eigenvalue weighted by Crippen LogP contribution is 2.33. The van der Waals surface area contributed by atoms with Crippen LogP contribution >= 0.6 is 23.5 Å². The van der Waals surface area contributed by atoms with Gasteiger partial charge in [0.05, 0.1) is 22.9 Å². The number of hydrogen-bond donors (Lipinski definition) is 2. The first-order valence-electron chi connectivity index (χ1n) is 9.17. The molecule has 0 aliphatic rings. The third-order valence-electron chi connectivity index (χ3n) is 4.40. The van der Waals surface area contributed by atoms with Crippen molar-refractivity contribution in [2.75, 3.05) is 5.75 Å². The van der Waals surface area contributed by atoms with Crippen LogP contribution in [0, 0.1) is 0 Å². The molecule has 0 atom stereocenters. The van der Waals surface area contributed by atoms with E-state index >= 15 is 0 Å². The van der Waals surface area contributed by atoms with Gasteiger partial charge in [0.2, 0.25) is 0 Å². The zero-order chi connectivity index (χ0) is 22.6. The number of carbonyl (C=O) groups is 1. The zero-order valence-electron chi connectivity index (χ0n) is 16.5. The first-order valence-corrected chi connectivity index (χ1v) is 11.1. The SMILES string of the molecule is C/C(N)=C(\CSc1ccc2c(c1)ncn2CC(=O)O)SCc1ccc(C(F)(F)F)cc1. The van der Waals surface area contributed by atoms with Crippen LogP contribution in [0.25, 0.3) is 11.0 Å². The quantitative estimate of drug-likeness (QED) is 0.435. The summed E-state index contributed by atoms with van der Waals surface area (Å²) in [5.74, 6) is 0.187. The minimum atomic E-state index is -4.34. The van der Waals surface area contributed by atoms with E-state index in [-0.39, 0.29) is 6.54 Å². The molecule has 0 spiro atoms. The number of benzene rings is 2. The summed E-state index contributed by atoms with van der Waals surface area (Å²) in [5, 5.41) is 8.96. The molecule has 0 amide bonds. The van der Waals surface area contributed by atoms with Crippen LogP contribution in [0.4, 0.5) is 13.2 Å². The number of fused-ring (bicyclic) bond motifs is 1. The van der Waals surface area contributed by atoms with Gasteiger partial charge in [-0.15, -0.1) is 23.5 Å². The van der Waals surface area contributed by atoms with Gasteiger partial charge in [-0.3, -0.25) is 4.79 Å². The van der Waals surface area contributed by atoms with Gasteiger partial charge in [-0.05, 0) is 42.8 Å². The molecule has 0 unspecified atom stereocenters. The third-order valence-corrected chi connectivity index (χ3v) is 6.90. The van der Waals surface area contributed by atoms with Gasteiger partial charge in [0.1, 0.15) is 6.54 Å². The van der Waals surface area contributed by atoms with E-state index in [1.165, 1.54) is 30.2 Å². The van der Waals surface area contributed by atoms with E-state index < -0.39 is 17.7 Å². The fourth-order valence-corrected chi connectivity index (χ4v) is 4.94. The monoisotopic (exact) mass is 467 g/mol. The number of alkyl halides is 3. The van der Waals surface area contributed by atoms with Crippen molar-refractivity contribution in [3.8, 4) is 0 Å². The highest BCUT2D eigenvalue weighted by atomic mass is 32.2. The van der Waals surface area contributed by atoms with E-state index in [1.54, 1.807) is 23.3 Å². The van der Waals surface area contributed by atoms with Gasteiger partial charge >= 0.3 is 12.1 Å². The van der Waals surface area contributed by atoms with Crippen LogP contribution in [0.5, 0.6) is 0 Å². The number of aromatic nitrogens is 2. The van der Waals surface area contributed by atoms with Gasteiger partial charge in [-0.2, -0.15) is 13.2 Å². The Balaban J connectivity index is 1.62. The Bertz CT molecular complexity index is 1110. The molecule has 1 aromatic heterocycles. The number of carboxylic acids is 1.